The molecule has 2 fully saturated rings. The number of carbonyl (C=O) groups is 2. The van der Waals surface area contributed by atoms with Crippen LogP contribution in [0, 0.1) is 12.8 Å². The average Bonchev–Trinajstić information content (AvgIpc) is 3.44. The van der Waals surface area contributed by atoms with E-state index in [1.165, 1.54) is 9.75 Å². The predicted molar refractivity (Wildman–Crippen MR) is 123 cm³/mol. The van der Waals surface area contributed by atoms with Crippen LogP contribution in [0.1, 0.15) is 22.6 Å². The minimum atomic E-state index is -5.08. The summed E-state index contributed by atoms with van der Waals surface area (Å²) < 4.78 is 75.4. The number of thiophene rings is 1. The van der Waals surface area contributed by atoms with E-state index in [2.05, 4.69) is 28.9 Å². The second-order valence-corrected chi connectivity index (χ2v) is 9.75. The van der Waals surface area contributed by atoms with Crippen molar-refractivity contribution < 1.29 is 55.6 Å². The largest absolute Gasteiger partial charge is 0.490 e. The predicted octanol–water partition coefficient (Wildman–Crippen LogP) is 4.78. The molecular weight excluding hydrogens is 546 g/mol. The summed E-state index contributed by atoms with van der Waals surface area (Å²) in [5.41, 5.74) is 0. The second kappa shape index (κ2) is 13.8. The van der Waals surface area contributed by atoms with Gasteiger partial charge in [0.1, 0.15) is 0 Å². The number of halogens is 6. The van der Waals surface area contributed by atoms with E-state index in [-0.39, 0.29) is 0 Å². The quantitative estimate of drug-likeness (QED) is 0.493. The van der Waals surface area contributed by atoms with Gasteiger partial charge in [-0.3, -0.25) is 4.90 Å². The van der Waals surface area contributed by atoms with Crippen molar-refractivity contribution in [1.82, 2.24) is 9.88 Å². The number of aromatic nitrogens is 1. The number of carboxylic acid groups (broad SMARTS) is 2. The van der Waals surface area contributed by atoms with Crippen molar-refractivity contribution >= 4 is 23.3 Å². The van der Waals surface area contributed by atoms with Crippen LogP contribution < -0.4 is 4.74 Å². The Hall–Kier alpha value is -2.91. The lowest BCUT2D eigenvalue weighted by molar-refractivity contribution is -0.193. The van der Waals surface area contributed by atoms with Crippen LogP contribution in [0.3, 0.4) is 0 Å². The summed E-state index contributed by atoms with van der Waals surface area (Å²) >= 11 is 1.91. The van der Waals surface area contributed by atoms with Gasteiger partial charge in [-0.05, 0) is 43.9 Å². The van der Waals surface area contributed by atoms with Crippen LogP contribution in [0.5, 0.6) is 5.88 Å². The Morgan fingerprint density at radius 3 is 2.21 bits per heavy atom. The molecule has 2 aromatic heterocycles. The Labute approximate surface area is 217 Å². The zero-order valence-corrected chi connectivity index (χ0v) is 20.9. The molecule has 8 nitrogen and oxygen atoms in total. The van der Waals surface area contributed by atoms with Gasteiger partial charge >= 0.3 is 24.3 Å². The monoisotopic (exact) mass is 572 g/mol. The van der Waals surface area contributed by atoms with Crippen LogP contribution in [-0.4, -0.2) is 76.3 Å². The van der Waals surface area contributed by atoms with Crippen molar-refractivity contribution in [3.8, 4) is 5.88 Å². The number of aliphatic carboxylic acids is 2. The molecule has 3 unspecified atom stereocenters. The summed E-state index contributed by atoms with van der Waals surface area (Å²) in [5, 5.41) is 14.2. The SMILES string of the molecule is Cc1ccc(CN2CCOC3CC(COc4ccccn4)CC32)s1.O=C(O)C(F)(F)F.O=C(O)C(F)(F)F. The van der Waals surface area contributed by atoms with Gasteiger partial charge in [-0.1, -0.05) is 6.07 Å². The number of alkyl halides is 6. The molecule has 1 saturated heterocycles. The fourth-order valence-electron chi connectivity index (χ4n) is 3.86. The summed E-state index contributed by atoms with van der Waals surface area (Å²) in [7, 11) is 0. The molecule has 3 atom stereocenters. The Balaban J connectivity index is 0.000000301. The first-order valence-corrected chi connectivity index (χ1v) is 12.0. The zero-order chi connectivity index (χ0) is 28.5. The van der Waals surface area contributed by atoms with Gasteiger partial charge in [0.15, 0.2) is 0 Å². The highest BCUT2D eigenvalue weighted by Gasteiger charge is 2.41. The molecule has 2 aliphatic rings. The third-order valence-electron chi connectivity index (χ3n) is 5.49. The number of hydrogen-bond acceptors (Lipinski definition) is 7. The third kappa shape index (κ3) is 10.5. The molecular formula is C23H26F6N2O6S. The van der Waals surface area contributed by atoms with Gasteiger partial charge in [-0.15, -0.1) is 11.3 Å². The van der Waals surface area contributed by atoms with Crippen molar-refractivity contribution in [2.24, 2.45) is 5.92 Å². The Kier molecular flexibility index (Phi) is 11.3. The first kappa shape index (κ1) is 31.3. The second-order valence-electron chi connectivity index (χ2n) is 8.38. The number of fused-ring (bicyclic) bond motifs is 1. The molecule has 2 aromatic rings. The fraction of sp³-hybridized carbons (Fsp3) is 0.522. The maximum atomic E-state index is 10.6. The molecule has 38 heavy (non-hydrogen) atoms. The average molecular weight is 573 g/mol. The molecule has 0 bridgehead atoms. The van der Waals surface area contributed by atoms with Gasteiger partial charge in [0.2, 0.25) is 5.88 Å². The Morgan fingerprint density at radius 1 is 1.08 bits per heavy atom. The molecule has 1 aliphatic heterocycles. The number of nitrogens with zero attached hydrogens (tertiary/aromatic N) is 2. The van der Waals surface area contributed by atoms with Crippen molar-refractivity contribution in [2.75, 3.05) is 19.8 Å². The van der Waals surface area contributed by atoms with Crippen LogP contribution >= 0.6 is 11.3 Å². The number of aryl methyl sites for hydroxylation is 1. The molecule has 1 aliphatic carbocycles. The summed E-state index contributed by atoms with van der Waals surface area (Å²) in [6.07, 6.45) is -5.78. The van der Waals surface area contributed by atoms with Crippen LogP contribution in [0.2, 0.25) is 0 Å². The lowest BCUT2D eigenvalue weighted by atomic mass is 10.1. The molecule has 0 amide bonds. The summed E-state index contributed by atoms with van der Waals surface area (Å²) in [5.74, 6) is -4.24. The zero-order valence-electron chi connectivity index (χ0n) is 20.0. The Morgan fingerprint density at radius 2 is 1.71 bits per heavy atom. The van der Waals surface area contributed by atoms with Crippen molar-refractivity contribution in [2.45, 2.75) is 50.8 Å². The first-order chi connectivity index (χ1) is 17.7. The van der Waals surface area contributed by atoms with E-state index in [1.807, 2.05) is 29.5 Å². The number of carboxylic acids is 2. The minimum absolute atomic E-state index is 0.358. The smallest absolute Gasteiger partial charge is 0.477 e. The highest BCUT2D eigenvalue weighted by atomic mass is 32.1. The maximum Gasteiger partial charge on any atom is 0.490 e. The van der Waals surface area contributed by atoms with E-state index in [4.69, 9.17) is 29.3 Å². The molecule has 0 spiro atoms. The van der Waals surface area contributed by atoms with Gasteiger partial charge in [0.25, 0.3) is 0 Å². The van der Waals surface area contributed by atoms with Gasteiger partial charge in [0.05, 0.1) is 19.3 Å². The topological polar surface area (TPSA) is 109 Å². The molecule has 15 heteroatoms. The van der Waals surface area contributed by atoms with Crippen LogP contribution in [0.4, 0.5) is 26.3 Å². The first-order valence-electron chi connectivity index (χ1n) is 11.2. The van der Waals surface area contributed by atoms with Crippen molar-refractivity contribution in [1.29, 1.82) is 0 Å². The normalized spacial score (nSPS) is 21.3. The number of pyridine rings is 1. The van der Waals surface area contributed by atoms with Gasteiger partial charge in [-0.25, -0.2) is 14.6 Å². The molecule has 0 aromatic carbocycles. The fourth-order valence-corrected chi connectivity index (χ4v) is 4.78. The van der Waals surface area contributed by atoms with Crippen molar-refractivity contribution in [3.05, 3.63) is 46.3 Å². The molecule has 212 valence electrons. The van der Waals surface area contributed by atoms with E-state index < -0.39 is 24.3 Å². The number of ether oxygens (including phenoxy) is 2. The highest BCUT2D eigenvalue weighted by molar-refractivity contribution is 7.11. The van der Waals surface area contributed by atoms with E-state index in [9.17, 15) is 26.3 Å². The number of morpholine rings is 1. The molecule has 3 heterocycles. The van der Waals surface area contributed by atoms with Crippen LogP contribution in [0.15, 0.2) is 36.5 Å². The summed E-state index contributed by atoms with van der Waals surface area (Å²) in [6, 6.07) is 10.8. The summed E-state index contributed by atoms with van der Waals surface area (Å²) in [4.78, 5) is 27.5. The number of rotatable bonds is 5. The summed E-state index contributed by atoms with van der Waals surface area (Å²) in [6.45, 7) is 5.85. The molecule has 0 radical (unpaired) electrons. The van der Waals surface area contributed by atoms with Crippen LogP contribution in [-0.2, 0) is 20.9 Å². The minimum Gasteiger partial charge on any atom is -0.477 e. The van der Waals surface area contributed by atoms with E-state index in [0.717, 1.165) is 45.0 Å². The van der Waals surface area contributed by atoms with Crippen LogP contribution in [0.25, 0.3) is 0 Å². The maximum absolute atomic E-state index is 10.6. The van der Waals surface area contributed by atoms with Gasteiger partial charge in [-0.2, -0.15) is 26.3 Å². The van der Waals surface area contributed by atoms with Gasteiger partial charge < -0.3 is 19.7 Å². The third-order valence-corrected chi connectivity index (χ3v) is 6.48. The number of hydrogen-bond donors (Lipinski definition) is 2. The van der Waals surface area contributed by atoms with Gasteiger partial charge in [0, 0.05) is 41.1 Å². The lowest BCUT2D eigenvalue weighted by Gasteiger charge is -2.37. The molecule has 2 N–H and O–H groups in total. The molecule has 4 rings (SSSR count). The Bertz CT molecular complexity index is 1010. The standard InChI is InChI=1S/C19H24N2O2S.2C2HF3O2/c1-14-5-6-16(24-14)12-21-8-9-22-18-11-15(10-17(18)21)13-23-19-4-2-3-7-20-19;2*3-2(4,5)1(6)7/h2-7,15,17-18H,8-13H2,1H3;2*(H,6,7). The van der Waals surface area contributed by atoms with E-state index in [0.29, 0.717) is 18.1 Å². The lowest BCUT2D eigenvalue weighted by Crippen LogP contribution is -2.47. The highest BCUT2D eigenvalue weighted by Crippen LogP contribution is 2.35. The van der Waals surface area contributed by atoms with Crippen molar-refractivity contribution in [3.63, 3.8) is 0 Å². The van der Waals surface area contributed by atoms with E-state index in [1.54, 1.807) is 6.20 Å². The van der Waals surface area contributed by atoms with E-state index >= 15 is 0 Å². The molecule has 1 saturated carbocycles.